The van der Waals surface area contributed by atoms with Crippen LogP contribution < -0.4 is 0 Å². The van der Waals surface area contributed by atoms with Gasteiger partial charge in [-0.1, -0.05) is 95.2 Å². The first-order chi connectivity index (χ1) is 22.0. The monoisotopic (exact) mass is 660 g/mol. The standard InChI is InChI=1S/C38H60O9/c1-12-14-30(39)24(4)17-18-31(40)27(7)36(43)29(9)37-32(45-10)16-13-15-22(2)19-25(5)34(41)28(8)35(42)26(6)20-23(3)21-33(46-11)38(44)47-37/h12-18,20-21,24-30,32,34-37,39,41-43H,19H2,1-11H3/b14-12+,16-13-,18-17+,22-15-,23-20-,33-21+/t24?,25-,26-,27-,28+,29+,30?,32+,34+,35-,36+,37?/m1/s1. The van der Waals surface area contributed by atoms with Crippen molar-refractivity contribution in [2.24, 2.45) is 35.5 Å². The van der Waals surface area contributed by atoms with Crippen molar-refractivity contribution in [3.8, 4) is 0 Å². The Morgan fingerprint density at radius 1 is 1.04 bits per heavy atom. The van der Waals surface area contributed by atoms with Gasteiger partial charge in [0.1, 0.15) is 12.2 Å². The van der Waals surface area contributed by atoms with Crippen molar-refractivity contribution in [3.63, 3.8) is 0 Å². The molecule has 0 aromatic heterocycles. The van der Waals surface area contributed by atoms with Crippen LogP contribution in [0.25, 0.3) is 0 Å². The molecule has 9 nitrogen and oxygen atoms in total. The van der Waals surface area contributed by atoms with Gasteiger partial charge >= 0.3 is 5.97 Å². The SMILES string of the molecule is C/C=C/C(O)C(C)/C=C/C(=O)[C@@H](C)[C@H](O)[C@H](C)C1OC(=O)/C(OC)=C\C(C)=C/[C@@H](C)[C@@H](O)[C@@H](C)[C@@H](O)[C@H](C)C/C(C)=C\C=C/[C@@H]1OC. The molecule has 1 rings (SSSR count). The number of esters is 1. The van der Waals surface area contributed by atoms with E-state index in [0.29, 0.717) is 12.0 Å². The number of allylic oxidation sites excluding steroid dienone is 7. The fourth-order valence-corrected chi connectivity index (χ4v) is 5.87. The first kappa shape index (κ1) is 42.2. The predicted octanol–water partition coefficient (Wildman–Crippen LogP) is 5.26. The molecule has 0 saturated heterocycles. The van der Waals surface area contributed by atoms with E-state index in [1.807, 2.05) is 39.8 Å². The number of methoxy groups -OCH3 is 2. The lowest BCUT2D eigenvalue weighted by Crippen LogP contribution is -2.45. The summed E-state index contributed by atoms with van der Waals surface area (Å²) in [6.45, 7) is 16.2. The minimum absolute atomic E-state index is 0.0924. The first-order valence-electron chi connectivity index (χ1n) is 16.6. The molecule has 0 amide bonds. The third kappa shape index (κ3) is 13.0. The lowest BCUT2D eigenvalue weighted by atomic mass is 9.81. The van der Waals surface area contributed by atoms with E-state index in [1.54, 1.807) is 65.0 Å². The third-order valence-electron chi connectivity index (χ3n) is 9.18. The van der Waals surface area contributed by atoms with E-state index in [9.17, 15) is 30.0 Å². The van der Waals surface area contributed by atoms with Gasteiger partial charge in [0, 0.05) is 36.7 Å². The number of carbonyl (C=O) groups is 2. The Bertz CT molecular complexity index is 1180. The summed E-state index contributed by atoms with van der Waals surface area (Å²) in [5.41, 5.74) is 1.63. The Balaban J connectivity index is 3.56. The summed E-state index contributed by atoms with van der Waals surface area (Å²) in [5.74, 6) is -3.99. The molecule has 1 aliphatic heterocycles. The van der Waals surface area contributed by atoms with Gasteiger partial charge in [0.2, 0.25) is 5.76 Å². The molecule has 3 unspecified atom stereocenters. The highest BCUT2D eigenvalue weighted by atomic mass is 16.6. The molecule has 0 aliphatic carbocycles. The van der Waals surface area contributed by atoms with E-state index < -0.39 is 60.3 Å². The van der Waals surface area contributed by atoms with Gasteiger partial charge in [-0.05, 0) is 45.3 Å². The van der Waals surface area contributed by atoms with E-state index in [4.69, 9.17) is 14.2 Å². The fourth-order valence-electron chi connectivity index (χ4n) is 5.87. The second-order valence-electron chi connectivity index (χ2n) is 13.2. The normalized spacial score (nSPS) is 34.7. The molecule has 0 aromatic carbocycles. The molecule has 0 radical (unpaired) electrons. The predicted molar refractivity (Wildman–Crippen MR) is 185 cm³/mol. The highest BCUT2D eigenvalue weighted by Crippen LogP contribution is 2.28. The summed E-state index contributed by atoms with van der Waals surface area (Å²) < 4.78 is 17.1. The second kappa shape index (κ2) is 20.5. The van der Waals surface area contributed by atoms with Gasteiger partial charge in [0.05, 0.1) is 31.5 Å². The van der Waals surface area contributed by atoms with Crippen LogP contribution in [0.2, 0.25) is 0 Å². The van der Waals surface area contributed by atoms with Crippen LogP contribution >= 0.6 is 0 Å². The van der Waals surface area contributed by atoms with E-state index in [-0.39, 0.29) is 29.3 Å². The summed E-state index contributed by atoms with van der Waals surface area (Å²) >= 11 is 0. The van der Waals surface area contributed by atoms with Crippen molar-refractivity contribution in [2.75, 3.05) is 14.2 Å². The van der Waals surface area contributed by atoms with Crippen LogP contribution in [0, 0.1) is 35.5 Å². The lowest BCUT2D eigenvalue weighted by Gasteiger charge is -2.33. The lowest BCUT2D eigenvalue weighted by molar-refractivity contribution is -0.162. The quantitative estimate of drug-likeness (QED) is 0.140. The van der Waals surface area contributed by atoms with Crippen LogP contribution in [0.1, 0.15) is 68.7 Å². The smallest absolute Gasteiger partial charge is 0.373 e. The minimum Gasteiger partial charge on any atom is -0.490 e. The number of hydrogen-bond acceptors (Lipinski definition) is 9. The highest BCUT2D eigenvalue weighted by molar-refractivity contribution is 5.92. The maximum Gasteiger partial charge on any atom is 0.373 e. The number of ether oxygens (including phenoxy) is 3. The van der Waals surface area contributed by atoms with E-state index in [1.165, 1.54) is 26.4 Å². The van der Waals surface area contributed by atoms with Gasteiger partial charge in [-0.15, -0.1) is 0 Å². The molecule has 0 aromatic rings. The zero-order valence-electron chi connectivity index (χ0n) is 30.2. The molecule has 47 heavy (non-hydrogen) atoms. The highest BCUT2D eigenvalue weighted by Gasteiger charge is 2.38. The van der Waals surface area contributed by atoms with Crippen molar-refractivity contribution >= 4 is 11.8 Å². The number of carbonyl (C=O) groups excluding carboxylic acids is 2. The van der Waals surface area contributed by atoms with Crippen molar-refractivity contribution in [3.05, 3.63) is 71.6 Å². The zero-order chi connectivity index (χ0) is 36.0. The van der Waals surface area contributed by atoms with E-state index in [0.717, 1.165) is 5.57 Å². The molecule has 0 saturated carbocycles. The van der Waals surface area contributed by atoms with Crippen LogP contribution in [-0.2, 0) is 23.8 Å². The molecule has 266 valence electrons. The summed E-state index contributed by atoms with van der Waals surface area (Å²) in [6, 6.07) is 0. The zero-order valence-corrected chi connectivity index (χ0v) is 30.2. The maximum absolute atomic E-state index is 13.5. The molecule has 1 heterocycles. The number of rotatable bonds is 10. The molecule has 0 fully saturated rings. The maximum atomic E-state index is 13.5. The van der Waals surface area contributed by atoms with Gasteiger partial charge in [-0.2, -0.15) is 0 Å². The van der Waals surface area contributed by atoms with Crippen molar-refractivity contribution in [1.29, 1.82) is 0 Å². The number of ketones is 1. The molecule has 4 N–H and O–H groups in total. The molecule has 12 atom stereocenters. The van der Waals surface area contributed by atoms with Gasteiger partial charge in [0.15, 0.2) is 5.78 Å². The summed E-state index contributed by atoms with van der Waals surface area (Å²) in [5, 5.41) is 43.6. The molecule has 0 spiro atoms. The van der Waals surface area contributed by atoms with E-state index in [2.05, 4.69) is 0 Å². The topological polar surface area (TPSA) is 143 Å². The van der Waals surface area contributed by atoms with Crippen LogP contribution in [0.15, 0.2) is 71.6 Å². The number of aliphatic hydroxyl groups is 4. The third-order valence-corrected chi connectivity index (χ3v) is 9.18. The first-order valence-corrected chi connectivity index (χ1v) is 16.6. The number of hydrogen-bond donors (Lipinski definition) is 4. The Morgan fingerprint density at radius 2 is 1.68 bits per heavy atom. The van der Waals surface area contributed by atoms with Crippen molar-refractivity contribution in [2.45, 2.75) is 105 Å². The molecular formula is C38H60O9. The van der Waals surface area contributed by atoms with Gasteiger partial charge in [0.25, 0.3) is 0 Å². The van der Waals surface area contributed by atoms with Crippen molar-refractivity contribution < 1.29 is 44.2 Å². The Labute approximate surface area is 282 Å². The largest absolute Gasteiger partial charge is 0.490 e. The van der Waals surface area contributed by atoms with Gasteiger partial charge < -0.3 is 34.6 Å². The minimum atomic E-state index is -1.22. The molecular weight excluding hydrogens is 600 g/mol. The molecule has 0 bridgehead atoms. The Kier molecular flexibility index (Phi) is 18.4. The molecule has 1 aliphatic rings. The summed E-state index contributed by atoms with van der Waals surface area (Å²) in [6.07, 6.45) is 10.3. The number of cyclic esters (lactones) is 1. The van der Waals surface area contributed by atoms with Crippen LogP contribution in [0.4, 0.5) is 0 Å². The Morgan fingerprint density at radius 3 is 2.26 bits per heavy atom. The van der Waals surface area contributed by atoms with Crippen molar-refractivity contribution in [1.82, 2.24) is 0 Å². The average Bonchev–Trinajstić information content (AvgIpc) is 3.04. The van der Waals surface area contributed by atoms with Crippen LogP contribution in [-0.4, -0.2) is 83.0 Å². The van der Waals surface area contributed by atoms with Crippen LogP contribution in [0.3, 0.4) is 0 Å². The van der Waals surface area contributed by atoms with Gasteiger partial charge in [-0.3, -0.25) is 4.79 Å². The van der Waals surface area contributed by atoms with Gasteiger partial charge in [-0.25, -0.2) is 4.79 Å². The van der Waals surface area contributed by atoms with E-state index >= 15 is 0 Å². The van der Waals surface area contributed by atoms with Crippen LogP contribution in [0.5, 0.6) is 0 Å². The number of aliphatic hydroxyl groups excluding tert-OH is 4. The summed E-state index contributed by atoms with van der Waals surface area (Å²) in [7, 11) is 2.82. The second-order valence-corrected chi connectivity index (χ2v) is 13.2. The average molecular weight is 661 g/mol. The fraction of sp³-hybridized carbons (Fsp3) is 0.632. The summed E-state index contributed by atoms with van der Waals surface area (Å²) in [4.78, 5) is 26.6. The molecule has 9 heteroatoms. The Hall–Kier alpha value is -2.82.